The number of hydrogen-bond donors (Lipinski definition) is 0. The molecule has 0 saturated heterocycles. The van der Waals surface area contributed by atoms with Crippen molar-refractivity contribution < 1.29 is 9.47 Å². The van der Waals surface area contributed by atoms with Crippen LogP contribution in [0.4, 0.5) is 0 Å². The van der Waals surface area contributed by atoms with Gasteiger partial charge in [-0.3, -0.25) is 0 Å². The molecule has 0 aliphatic carbocycles. The molecule has 0 aliphatic heterocycles. The second-order valence-corrected chi connectivity index (χ2v) is 2.74. The molecule has 0 bridgehead atoms. The second-order valence-electron chi connectivity index (χ2n) is 2.36. The van der Waals surface area contributed by atoms with Crippen LogP contribution < -0.4 is 9.47 Å². The van der Waals surface area contributed by atoms with Gasteiger partial charge in [0, 0.05) is 0 Å². The highest BCUT2D eigenvalue weighted by Crippen LogP contribution is 2.25. The van der Waals surface area contributed by atoms with Crippen molar-refractivity contribution in [3.05, 3.63) is 10.7 Å². The molecule has 0 saturated carbocycles. The quantitative estimate of drug-likeness (QED) is 0.758. The molecule has 0 atom stereocenters. The van der Waals surface area contributed by atoms with E-state index in [2.05, 4.69) is 9.97 Å². The highest BCUT2D eigenvalue weighted by Gasteiger charge is 2.10. The van der Waals surface area contributed by atoms with Gasteiger partial charge in [0.05, 0.1) is 12.8 Å². The number of rotatable bonds is 3. The van der Waals surface area contributed by atoms with Crippen molar-refractivity contribution in [2.24, 2.45) is 0 Å². The summed E-state index contributed by atoms with van der Waals surface area (Å²) < 4.78 is 9.81. The molecule has 0 aromatic carbocycles. The Morgan fingerprint density at radius 2 is 2.21 bits per heavy atom. The van der Waals surface area contributed by atoms with E-state index in [0.29, 0.717) is 10.7 Å². The summed E-state index contributed by atoms with van der Waals surface area (Å²) in [6, 6.07) is 1.90. The van der Waals surface area contributed by atoms with Crippen molar-refractivity contribution in [2.45, 2.75) is 6.92 Å². The van der Waals surface area contributed by atoms with E-state index in [4.69, 9.17) is 26.3 Å². The Kier molecular flexibility index (Phi) is 3.48. The van der Waals surface area contributed by atoms with Gasteiger partial charge in [0.15, 0.2) is 6.61 Å². The third-order valence-electron chi connectivity index (χ3n) is 1.43. The maximum atomic E-state index is 8.29. The van der Waals surface area contributed by atoms with E-state index in [1.165, 1.54) is 7.11 Å². The summed E-state index contributed by atoms with van der Waals surface area (Å²) >= 11 is 5.83. The van der Waals surface area contributed by atoms with E-state index in [0.717, 1.165) is 0 Å². The van der Waals surface area contributed by atoms with Crippen LogP contribution >= 0.6 is 11.6 Å². The predicted molar refractivity (Wildman–Crippen MR) is 49.4 cm³/mol. The van der Waals surface area contributed by atoms with Crippen molar-refractivity contribution >= 4 is 11.6 Å². The average molecular weight is 214 g/mol. The molecule has 0 aliphatic rings. The van der Waals surface area contributed by atoms with E-state index >= 15 is 0 Å². The molecule has 1 heterocycles. The number of ether oxygens (including phenoxy) is 2. The molecule has 0 fully saturated rings. The molecule has 6 heteroatoms. The van der Waals surface area contributed by atoms with Gasteiger partial charge in [-0.25, -0.2) is 0 Å². The van der Waals surface area contributed by atoms with Crippen molar-refractivity contribution in [1.82, 2.24) is 9.97 Å². The van der Waals surface area contributed by atoms with Crippen LogP contribution in [-0.2, 0) is 0 Å². The number of halogens is 1. The van der Waals surface area contributed by atoms with Gasteiger partial charge in [0.1, 0.15) is 11.1 Å². The first-order valence-electron chi connectivity index (χ1n) is 3.77. The topological polar surface area (TPSA) is 68.0 Å². The summed E-state index contributed by atoms with van der Waals surface area (Å²) in [4.78, 5) is 7.77. The Morgan fingerprint density at radius 3 is 2.79 bits per heavy atom. The van der Waals surface area contributed by atoms with Crippen molar-refractivity contribution in [2.75, 3.05) is 13.7 Å². The Balaban J connectivity index is 2.98. The predicted octanol–water partition coefficient (Wildman–Crippen LogP) is 1.35. The highest BCUT2D eigenvalue weighted by atomic mass is 35.5. The smallest absolute Gasteiger partial charge is 0.321 e. The zero-order valence-electron chi connectivity index (χ0n) is 7.74. The maximum absolute atomic E-state index is 8.29. The average Bonchev–Trinajstić information content (AvgIpc) is 2.19. The van der Waals surface area contributed by atoms with E-state index in [1.807, 2.05) is 6.07 Å². The van der Waals surface area contributed by atoms with Gasteiger partial charge < -0.3 is 9.47 Å². The molecular formula is C8H8ClN3O2. The monoisotopic (exact) mass is 213 g/mol. The number of nitriles is 1. The molecule has 0 spiro atoms. The number of methoxy groups -OCH3 is 1. The lowest BCUT2D eigenvalue weighted by Crippen LogP contribution is -2.02. The molecular weight excluding hydrogens is 206 g/mol. The third-order valence-corrected chi connectivity index (χ3v) is 1.86. The maximum Gasteiger partial charge on any atom is 0.321 e. The largest absolute Gasteiger partial charge is 0.480 e. The summed E-state index contributed by atoms with van der Waals surface area (Å²) in [5.74, 6) is 0.243. The van der Waals surface area contributed by atoms with Crippen LogP contribution in [0.3, 0.4) is 0 Å². The number of aromatic nitrogens is 2. The fourth-order valence-electron chi connectivity index (χ4n) is 0.805. The van der Waals surface area contributed by atoms with Gasteiger partial charge in [-0.1, -0.05) is 11.6 Å². The van der Waals surface area contributed by atoms with Gasteiger partial charge >= 0.3 is 6.01 Å². The van der Waals surface area contributed by atoms with Crippen LogP contribution in [0.15, 0.2) is 0 Å². The van der Waals surface area contributed by atoms with E-state index < -0.39 is 0 Å². The molecule has 14 heavy (non-hydrogen) atoms. The zero-order chi connectivity index (χ0) is 10.6. The molecule has 0 unspecified atom stereocenters. The molecule has 1 aromatic heterocycles. The lowest BCUT2D eigenvalue weighted by Gasteiger charge is -2.06. The van der Waals surface area contributed by atoms with Gasteiger partial charge in [-0.2, -0.15) is 15.2 Å². The van der Waals surface area contributed by atoms with Gasteiger partial charge in [-0.15, -0.1) is 0 Å². The second kappa shape index (κ2) is 4.63. The van der Waals surface area contributed by atoms with Crippen LogP contribution in [0.1, 0.15) is 5.69 Å². The number of hydrogen-bond acceptors (Lipinski definition) is 5. The van der Waals surface area contributed by atoms with E-state index in [9.17, 15) is 0 Å². The first-order chi connectivity index (χ1) is 6.69. The molecule has 0 N–H and O–H groups in total. The first-order valence-corrected chi connectivity index (χ1v) is 4.14. The molecule has 1 rings (SSSR count). The van der Waals surface area contributed by atoms with Crippen LogP contribution in [0.25, 0.3) is 0 Å². The van der Waals surface area contributed by atoms with Crippen LogP contribution in [-0.4, -0.2) is 23.7 Å². The zero-order valence-corrected chi connectivity index (χ0v) is 8.50. The van der Waals surface area contributed by atoms with Gasteiger partial charge in [0.25, 0.3) is 0 Å². The minimum atomic E-state index is -0.107. The minimum absolute atomic E-state index is 0.0882. The van der Waals surface area contributed by atoms with E-state index in [1.54, 1.807) is 6.92 Å². The van der Waals surface area contributed by atoms with Crippen LogP contribution in [0.2, 0.25) is 5.02 Å². The highest BCUT2D eigenvalue weighted by molar-refractivity contribution is 6.32. The summed E-state index contributed by atoms with van der Waals surface area (Å²) in [5.41, 5.74) is 0.548. The normalized spacial score (nSPS) is 9.29. The Bertz CT molecular complexity index is 376. The van der Waals surface area contributed by atoms with Crippen LogP contribution in [0.5, 0.6) is 11.9 Å². The fourth-order valence-corrected chi connectivity index (χ4v) is 0.967. The van der Waals surface area contributed by atoms with Gasteiger partial charge in [0.2, 0.25) is 5.88 Å². The number of aryl methyl sites for hydroxylation is 1. The van der Waals surface area contributed by atoms with Crippen molar-refractivity contribution in [3.63, 3.8) is 0 Å². The molecule has 0 amide bonds. The molecule has 0 radical (unpaired) electrons. The molecule has 5 nitrogen and oxygen atoms in total. The van der Waals surface area contributed by atoms with E-state index in [-0.39, 0.29) is 18.5 Å². The Morgan fingerprint density at radius 1 is 1.50 bits per heavy atom. The standard InChI is InChI=1S/C8H8ClN3O2/c1-5-6(9)7(13-2)12-8(11-5)14-4-3-10/h4H2,1-2H3. The SMILES string of the molecule is COc1nc(OCC#N)nc(C)c1Cl. The number of nitrogens with zero attached hydrogens (tertiary/aromatic N) is 3. The third kappa shape index (κ3) is 2.24. The van der Waals surface area contributed by atoms with Gasteiger partial charge in [-0.05, 0) is 6.92 Å². The summed E-state index contributed by atoms with van der Waals surface area (Å²) in [7, 11) is 1.45. The van der Waals surface area contributed by atoms with Crippen molar-refractivity contribution in [3.8, 4) is 18.0 Å². The Labute approximate surface area is 86.3 Å². The lowest BCUT2D eigenvalue weighted by molar-refractivity contribution is 0.322. The molecule has 1 aromatic rings. The first kappa shape index (κ1) is 10.5. The Hall–Kier alpha value is -1.54. The van der Waals surface area contributed by atoms with Crippen molar-refractivity contribution in [1.29, 1.82) is 5.26 Å². The summed E-state index contributed by atoms with van der Waals surface area (Å²) in [5, 5.41) is 8.63. The lowest BCUT2D eigenvalue weighted by atomic mass is 10.4. The summed E-state index contributed by atoms with van der Waals surface area (Å²) in [6.07, 6.45) is 0. The minimum Gasteiger partial charge on any atom is -0.480 e. The summed E-state index contributed by atoms with van der Waals surface area (Å²) in [6.45, 7) is 1.59. The fraction of sp³-hybridized carbons (Fsp3) is 0.375. The van der Waals surface area contributed by atoms with Crippen LogP contribution in [0, 0.1) is 18.3 Å². The molecule has 74 valence electrons.